The number of hydrogen-bond acceptors (Lipinski definition) is 7. The molecule has 2 aromatic rings. The molecule has 29 heavy (non-hydrogen) atoms. The van der Waals surface area contributed by atoms with Crippen molar-refractivity contribution in [1.29, 1.82) is 0 Å². The number of aryl methyl sites for hydroxylation is 1. The highest BCUT2D eigenvalue weighted by Gasteiger charge is 2.31. The predicted octanol–water partition coefficient (Wildman–Crippen LogP) is 0.716. The van der Waals surface area contributed by atoms with Gasteiger partial charge in [-0.15, -0.1) is 5.10 Å². The molecule has 0 aliphatic carbocycles. The number of likely N-dealkylation sites (N-methyl/N-ethyl adjacent to an activating group) is 1. The maximum Gasteiger partial charge on any atom is 0.320 e. The lowest BCUT2D eigenvalue weighted by molar-refractivity contribution is 0.244. The highest BCUT2D eigenvalue weighted by Crippen LogP contribution is 2.26. The lowest BCUT2D eigenvalue weighted by Gasteiger charge is -2.15. The number of nitrogens with one attached hydrogen (secondary N) is 3. The van der Waals surface area contributed by atoms with E-state index >= 15 is 0 Å². The van der Waals surface area contributed by atoms with Crippen LogP contribution in [-0.2, 0) is 0 Å². The molecule has 1 aliphatic rings. The Balaban J connectivity index is 2.07. The Bertz CT molecular complexity index is 1020. The molecule has 0 bridgehead atoms. The van der Waals surface area contributed by atoms with Gasteiger partial charge in [0.2, 0.25) is 5.82 Å². The number of H-pyrrole nitrogens is 1. The van der Waals surface area contributed by atoms with Crippen LogP contribution < -0.4 is 16.4 Å². The number of aromatic amines is 1. The van der Waals surface area contributed by atoms with E-state index in [0.717, 1.165) is 11.1 Å². The third-order valence-electron chi connectivity index (χ3n) is 4.15. The molecule has 0 fully saturated rings. The van der Waals surface area contributed by atoms with Crippen molar-refractivity contribution in [3.63, 3.8) is 0 Å². The number of nitrogens with two attached hydrogens (primary N) is 1. The summed E-state index contributed by atoms with van der Waals surface area (Å²) in [5.74, 6) is 1.33. The first kappa shape index (κ1) is 19.7. The first-order valence-corrected chi connectivity index (χ1v) is 8.87. The van der Waals surface area contributed by atoms with Crippen LogP contribution in [0.25, 0.3) is 5.70 Å². The number of aromatic nitrogens is 4. The van der Waals surface area contributed by atoms with E-state index in [0.29, 0.717) is 35.4 Å². The van der Waals surface area contributed by atoms with Gasteiger partial charge in [0.1, 0.15) is 11.5 Å². The molecule has 0 radical (unpaired) electrons. The zero-order valence-electron chi connectivity index (χ0n) is 16.4. The quantitative estimate of drug-likeness (QED) is 0.587. The molecule has 1 aromatic carbocycles. The van der Waals surface area contributed by atoms with Crippen LogP contribution in [0, 0.1) is 6.92 Å². The number of amidine groups is 2. The molecular weight excluding hydrogens is 372 g/mol. The molecular formula is C18H22N10O. The fraction of sp³-hybridized carbons (Fsp3) is 0.222. The zero-order chi connectivity index (χ0) is 21.0. The van der Waals surface area contributed by atoms with Gasteiger partial charge in [-0.25, -0.2) is 19.9 Å². The van der Waals surface area contributed by atoms with Gasteiger partial charge in [-0.3, -0.25) is 5.32 Å². The lowest BCUT2D eigenvalue weighted by Crippen LogP contribution is -2.35. The third-order valence-corrected chi connectivity index (χ3v) is 4.15. The largest absolute Gasteiger partial charge is 0.396 e. The fourth-order valence-corrected chi connectivity index (χ4v) is 2.76. The van der Waals surface area contributed by atoms with Crippen molar-refractivity contribution < 1.29 is 4.79 Å². The van der Waals surface area contributed by atoms with E-state index < -0.39 is 6.03 Å². The topological polar surface area (TPSA) is 150 Å². The van der Waals surface area contributed by atoms with Crippen molar-refractivity contribution in [3.05, 3.63) is 59.3 Å². The third kappa shape index (κ3) is 4.13. The first-order valence-electron chi connectivity index (χ1n) is 8.87. The summed E-state index contributed by atoms with van der Waals surface area (Å²) in [6.45, 7) is 8.05. The van der Waals surface area contributed by atoms with E-state index in [9.17, 15) is 4.79 Å². The Labute approximate surface area is 167 Å². The number of amides is 2. The molecule has 11 nitrogen and oxygen atoms in total. The standard InChI is InChI=1S/C18H22N10O/c1-5-20-18(29)22-11(3)21-16-14(13(19)12-9-7-6-8-10(12)2)23-17(28(16)4)15-24-26-27-25-15/h6-9H,3,5,19H2,1-2,4H3,(H2,20,22,29)(H,24,25,26,27)/b14-13+,21-16+. The summed E-state index contributed by atoms with van der Waals surface area (Å²) in [5, 5.41) is 19.0. The average Bonchev–Trinajstić information content (AvgIpc) is 3.31. The van der Waals surface area contributed by atoms with E-state index in [1.54, 1.807) is 11.9 Å². The maximum absolute atomic E-state index is 11.8. The van der Waals surface area contributed by atoms with Gasteiger partial charge in [-0.1, -0.05) is 30.8 Å². The van der Waals surface area contributed by atoms with E-state index in [1.165, 1.54) is 0 Å². The van der Waals surface area contributed by atoms with E-state index in [-0.39, 0.29) is 5.82 Å². The van der Waals surface area contributed by atoms with Gasteiger partial charge in [-0.05, 0) is 29.8 Å². The molecule has 0 saturated carbocycles. The second-order valence-electron chi connectivity index (χ2n) is 6.19. The highest BCUT2D eigenvalue weighted by atomic mass is 16.2. The number of carbonyl (C=O) groups is 1. The molecule has 0 atom stereocenters. The lowest BCUT2D eigenvalue weighted by atomic mass is 10.0. The Kier molecular flexibility index (Phi) is 5.67. The number of urea groups is 1. The Morgan fingerprint density at radius 3 is 2.79 bits per heavy atom. The van der Waals surface area contributed by atoms with Crippen LogP contribution in [0.3, 0.4) is 0 Å². The van der Waals surface area contributed by atoms with Crippen molar-refractivity contribution >= 4 is 23.4 Å². The van der Waals surface area contributed by atoms with E-state index in [4.69, 9.17) is 5.73 Å². The van der Waals surface area contributed by atoms with Crippen LogP contribution in [0.1, 0.15) is 23.9 Å². The monoisotopic (exact) mass is 394 g/mol. The molecule has 2 heterocycles. The Hall–Kier alpha value is -4.02. The number of tetrazole rings is 1. The van der Waals surface area contributed by atoms with Gasteiger partial charge in [0.05, 0.1) is 5.70 Å². The summed E-state index contributed by atoms with van der Waals surface area (Å²) >= 11 is 0. The molecule has 0 unspecified atom stereocenters. The summed E-state index contributed by atoms with van der Waals surface area (Å²) in [7, 11) is 1.75. The number of carbonyl (C=O) groups excluding carboxylic acids is 1. The van der Waals surface area contributed by atoms with E-state index in [2.05, 4.69) is 47.8 Å². The van der Waals surface area contributed by atoms with Crippen LogP contribution in [0.5, 0.6) is 0 Å². The van der Waals surface area contributed by atoms with Crippen molar-refractivity contribution in [2.24, 2.45) is 15.7 Å². The number of hydrogen-bond donors (Lipinski definition) is 4. The normalized spacial score (nSPS) is 16.6. The summed E-state index contributed by atoms with van der Waals surface area (Å²) in [6, 6.07) is 7.28. The van der Waals surface area contributed by atoms with Crippen molar-refractivity contribution in [2.75, 3.05) is 13.6 Å². The zero-order valence-corrected chi connectivity index (χ0v) is 16.4. The fourth-order valence-electron chi connectivity index (χ4n) is 2.76. The van der Waals surface area contributed by atoms with Gasteiger partial charge >= 0.3 is 6.03 Å². The Morgan fingerprint density at radius 1 is 1.38 bits per heavy atom. The van der Waals surface area contributed by atoms with Crippen LogP contribution in [-0.4, -0.2) is 56.8 Å². The van der Waals surface area contributed by atoms with Crippen molar-refractivity contribution in [2.45, 2.75) is 13.8 Å². The highest BCUT2D eigenvalue weighted by molar-refractivity contribution is 6.21. The van der Waals surface area contributed by atoms with E-state index in [1.807, 2.05) is 38.1 Å². The maximum atomic E-state index is 11.8. The van der Waals surface area contributed by atoms with Gasteiger partial charge < -0.3 is 16.0 Å². The Morgan fingerprint density at radius 2 is 2.14 bits per heavy atom. The summed E-state index contributed by atoms with van der Waals surface area (Å²) in [6.07, 6.45) is 0. The average molecular weight is 394 g/mol. The smallest absolute Gasteiger partial charge is 0.320 e. The number of rotatable bonds is 5. The molecule has 1 aromatic heterocycles. The molecule has 0 saturated heterocycles. The van der Waals surface area contributed by atoms with Crippen LogP contribution >= 0.6 is 0 Å². The van der Waals surface area contributed by atoms with Gasteiger partial charge in [0.25, 0.3) is 0 Å². The summed E-state index contributed by atoms with van der Waals surface area (Å²) < 4.78 is 0. The summed E-state index contributed by atoms with van der Waals surface area (Å²) in [4.78, 5) is 22.5. The minimum atomic E-state index is -0.402. The predicted molar refractivity (Wildman–Crippen MR) is 110 cm³/mol. The van der Waals surface area contributed by atoms with Crippen molar-refractivity contribution in [3.8, 4) is 0 Å². The molecule has 1 aliphatic heterocycles. The molecule has 0 spiro atoms. The molecule has 11 heteroatoms. The number of benzene rings is 1. The second kappa shape index (κ2) is 8.33. The number of nitrogens with zero attached hydrogens (tertiary/aromatic N) is 6. The van der Waals surface area contributed by atoms with Crippen molar-refractivity contribution in [1.82, 2.24) is 36.2 Å². The SMILES string of the molecule is C=C(/N=C1\C(=C(/N)c2ccccc2C)N=C(c2nnn[nH]2)N1C)NC(=O)NCC. The summed E-state index contributed by atoms with van der Waals surface area (Å²) in [5.41, 5.74) is 9.14. The minimum Gasteiger partial charge on any atom is -0.396 e. The van der Waals surface area contributed by atoms with Gasteiger partial charge in [0.15, 0.2) is 11.7 Å². The molecule has 2 amide bonds. The van der Waals surface area contributed by atoms with Crippen LogP contribution in [0.15, 0.2) is 52.3 Å². The van der Waals surface area contributed by atoms with Crippen LogP contribution in [0.2, 0.25) is 0 Å². The number of aliphatic imine (C=N–C) groups is 2. The van der Waals surface area contributed by atoms with Gasteiger partial charge in [0, 0.05) is 19.2 Å². The second-order valence-corrected chi connectivity index (χ2v) is 6.19. The molecule has 5 N–H and O–H groups in total. The minimum absolute atomic E-state index is 0.139. The first-order chi connectivity index (χ1) is 13.9. The molecule has 3 rings (SSSR count). The molecule has 150 valence electrons. The van der Waals surface area contributed by atoms with Crippen LogP contribution in [0.4, 0.5) is 4.79 Å². The van der Waals surface area contributed by atoms with Gasteiger partial charge in [-0.2, -0.15) is 0 Å².